The Labute approximate surface area is 63.6 Å². The van der Waals surface area contributed by atoms with E-state index in [2.05, 4.69) is 0 Å². The summed E-state index contributed by atoms with van der Waals surface area (Å²) in [5, 5.41) is 7.42. The van der Waals surface area contributed by atoms with Crippen molar-refractivity contribution >= 4 is 5.97 Å². The number of carbonyl (C=O) groups is 1. The standard InChI is InChI=1S/C2H4O2.Li.Pd.H/c1-2(3)4;;;/h1H3,(H,3,4);;;/q;+1;;-1. The molecule has 0 fully saturated rings. The van der Waals surface area contributed by atoms with Gasteiger partial charge in [0.15, 0.2) is 0 Å². The molecule has 0 amide bonds. The fourth-order valence-corrected chi connectivity index (χ4v) is 0. The Morgan fingerprint density at radius 2 is 1.83 bits per heavy atom. The van der Waals surface area contributed by atoms with Crippen LogP contribution in [-0.4, -0.2) is 11.1 Å². The molecule has 0 aliphatic heterocycles. The van der Waals surface area contributed by atoms with Crippen LogP contribution in [-0.2, 0) is 25.2 Å². The molecule has 0 unspecified atom stereocenters. The summed E-state index contributed by atoms with van der Waals surface area (Å²) >= 11 is 0. The number of hydrogen-bond acceptors (Lipinski definition) is 1. The molecule has 0 atom stereocenters. The van der Waals surface area contributed by atoms with Crippen LogP contribution in [0, 0.1) is 0 Å². The molecule has 0 aromatic carbocycles. The topological polar surface area (TPSA) is 37.3 Å². The third-order valence-corrected chi connectivity index (χ3v) is 0. The summed E-state index contributed by atoms with van der Waals surface area (Å²) in [6.45, 7) is 1.08. The van der Waals surface area contributed by atoms with Crippen LogP contribution >= 0.6 is 0 Å². The van der Waals surface area contributed by atoms with Gasteiger partial charge >= 0.3 is 18.9 Å². The summed E-state index contributed by atoms with van der Waals surface area (Å²) < 4.78 is 0. The van der Waals surface area contributed by atoms with Crippen LogP contribution in [0.2, 0.25) is 0 Å². The van der Waals surface area contributed by atoms with Gasteiger partial charge in [0.05, 0.1) is 0 Å². The predicted octanol–water partition coefficient (Wildman–Crippen LogP) is -2.80. The maximum absolute atomic E-state index is 9.00. The summed E-state index contributed by atoms with van der Waals surface area (Å²) in [5.41, 5.74) is 0. The van der Waals surface area contributed by atoms with Crippen LogP contribution in [0.4, 0.5) is 0 Å². The van der Waals surface area contributed by atoms with Gasteiger partial charge in [0.1, 0.15) is 0 Å². The first kappa shape index (κ1) is 15.9. The molecule has 0 heterocycles. The normalized spacial score (nSPS) is 4.17. The molecule has 4 heteroatoms. The minimum atomic E-state index is -0.833. The summed E-state index contributed by atoms with van der Waals surface area (Å²) in [6.07, 6.45) is 0. The van der Waals surface area contributed by atoms with Crippen molar-refractivity contribution in [2.45, 2.75) is 6.92 Å². The minimum Gasteiger partial charge on any atom is -1.00 e. The quantitative estimate of drug-likeness (QED) is 0.403. The fourth-order valence-electron chi connectivity index (χ4n) is 0. The number of hydrogen-bond donors (Lipinski definition) is 1. The van der Waals surface area contributed by atoms with Crippen LogP contribution in [0.5, 0.6) is 0 Å². The molecule has 0 rings (SSSR count). The maximum atomic E-state index is 9.00. The third kappa shape index (κ3) is 124. The third-order valence-electron chi connectivity index (χ3n) is 0. The molecule has 0 spiro atoms. The van der Waals surface area contributed by atoms with E-state index < -0.39 is 5.97 Å². The molecule has 0 aliphatic rings. The zero-order valence-corrected chi connectivity index (χ0v) is 5.23. The molecule has 0 radical (unpaired) electrons. The van der Waals surface area contributed by atoms with Crippen molar-refractivity contribution in [1.82, 2.24) is 0 Å². The van der Waals surface area contributed by atoms with Crippen molar-refractivity contribution < 1.29 is 50.6 Å². The Hall–Kier alpha value is 0.730. The van der Waals surface area contributed by atoms with Crippen molar-refractivity contribution in [3.63, 3.8) is 0 Å². The summed E-state index contributed by atoms with van der Waals surface area (Å²) in [7, 11) is 0. The van der Waals surface area contributed by atoms with E-state index >= 15 is 0 Å². The Bertz CT molecular complexity index is 38.7. The van der Waals surface area contributed by atoms with Gasteiger partial charge in [0.25, 0.3) is 5.97 Å². The van der Waals surface area contributed by atoms with Crippen LogP contribution in [0.1, 0.15) is 8.35 Å². The second-order valence-electron chi connectivity index (χ2n) is 0.519. The van der Waals surface area contributed by atoms with E-state index in [0.717, 1.165) is 6.92 Å². The van der Waals surface area contributed by atoms with Crippen LogP contribution < -0.4 is 18.9 Å². The first-order valence-electron chi connectivity index (χ1n) is 0.928. The van der Waals surface area contributed by atoms with Gasteiger partial charge < -0.3 is 6.53 Å². The summed E-state index contributed by atoms with van der Waals surface area (Å²) in [5.74, 6) is -0.833. The van der Waals surface area contributed by atoms with Crippen molar-refractivity contribution in [2.75, 3.05) is 0 Å². The van der Waals surface area contributed by atoms with Gasteiger partial charge in [-0.2, -0.15) is 0 Å². The molecule has 6 heavy (non-hydrogen) atoms. The Balaban J connectivity index is -0.0000000150. The van der Waals surface area contributed by atoms with E-state index in [4.69, 9.17) is 9.90 Å². The Morgan fingerprint density at radius 3 is 1.83 bits per heavy atom. The van der Waals surface area contributed by atoms with Gasteiger partial charge in [-0.05, 0) is 0 Å². The van der Waals surface area contributed by atoms with Gasteiger partial charge in [-0.15, -0.1) is 0 Å². The molecule has 0 aromatic rings. The van der Waals surface area contributed by atoms with E-state index in [0.29, 0.717) is 0 Å². The molecule has 0 aliphatic carbocycles. The maximum Gasteiger partial charge on any atom is 1.00 e. The van der Waals surface area contributed by atoms with E-state index in [1.807, 2.05) is 0 Å². The molecule has 0 saturated heterocycles. The minimum absolute atomic E-state index is 0. The van der Waals surface area contributed by atoms with E-state index in [-0.39, 0.29) is 40.7 Å². The Morgan fingerprint density at radius 1 is 1.83 bits per heavy atom. The van der Waals surface area contributed by atoms with Gasteiger partial charge in [-0.3, -0.25) is 4.79 Å². The van der Waals surface area contributed by atoms with Gasteiger partial charge in [0.2, 0.25) is 0 Å². The largest absolute Gasteiger partial charge is 1.00 e. The summed E-state index contributed by atoms with van der Waals surface area (Å²) in [4.78, 5) is 9.00. The number of rotatable bonds is 0. The van der Waals surface area contributed by atoms with Crippen LogP contribution in [0.3, 0.4) is 0 Å². The molecule has 0 bridgehead atoms. The molecular formula is C2H5LiO2Pd. The first-order valence-corrected chi connectivity index (χ1v) is 0.928. The second-order valence-corrected chi connectivity index (χ2v) is 0.519. The number of aliphatic carboxylic acids is 1. The molecule has 2 nitrogen and oxygen atoms in total. The monoisotopic (exact) mass is 174 g/mol. The van der Waals surface area contributed by atoms with Crippen molar-refractivity contribution in [3.05, 3.63) is 0 Å². The van der Waals surface area contributed by atoms with E-state index in [1.165, 1.54) is 0 Å². The summed E-state index contributed by atoms with van der Waals surface area (Å²) in [6, 6.07) is 0. The zero-order chi connectivity index (χ0) is 3.58. The molecule has 0 aromatic heterocycles. The van der Waals surface area contributed by atoms with Crippen molar-refractivity contribution in [3.8, 4) is 0 Å². The molecule has 0 saturated carbocycles. The zero-order valence-electron chi connectivity index (χ0n) is 4.67. The number of carboxylic acid groups (broad SMARTS) is 1. The smallest absolute Gasteiger partial charge is 1.00 e. The van der Waals surface area contributed by atoms with Gasteiger partial charge in [0, 0.05) is 27.3 Å². The molecule has 1 N–H and O–H groups in total. The van der Waals surface area contributed by atoms with Crippen molar-refractivity contribution in [2.24, 2.45) is 0 Å². The second kappa shape index (κ2) is 9.21. The Kier molecular flexibility index (Phi) is 24.4. The average Bonchev–Trinajstić information content (AvgIpc) is 0.811. The fraction of sp³-hybridized carbons (Fsp3) is 0.500. The van der Waals surface area contributed by atoms with E-state index in [9.17, 15) is 0 Å². The SMILES string of the molecule is CC(=O)O.[H-].[Li+].[Pd]. The average molecular weight is 174 g/mol. The van der Waals surface area contributed by atoms with Crippen LogP contribution in [0.25, 0.3) is 0 Å². The molecule has 36 valence electrons. The predicted molar refractivity (Wildman–Crippen MR) is 14.4 cm³/mol. The van der Waals surface area contributed by atoms with E-state index in [1.54, 1.807) is 0 Å². The number of carboxylic acids is 1. The van der Waals surface area contributed by atoms with Crippen molar-refractivity contribution in [1.29, 1.82) is 0 Å². The molecular weight excluding hydrogens is 169 g/mol. The first-order chi connectivity index (χ1) is 1.73. The van der Waals surface area contributed by atoms with Gasteiger partial charge in [-0.1, -0.05) is 0 Å². The van der Waals surface area contributed by atoms with Crippen LogP contribution in [0.15, 0.2) is 0 Å². The van der Waals surface area contributed by atoms with Gasteiger partial charge in [-0.25, -0.2) is 0 Å².